The number of ether oxygens (including phenoxy) is 3. The van der Waals surface area contributed by atoms with Crippen molar-refractivity contribution in [1.82, 2.24) is 9.21 Å². The van der Waals surface area contributed by atoms with E-state index in [1.807, 2.05) is 0 Å². The van der Waals surface area contributed by atoms with Crippen molar-refractivity contribution in [2.75, 3.05) is 26.8 Å². The summed E-state index contributed by atoms with van der Waals surface area (Å²) in [7, 11) is -5.11. The maximum absolute atomic E-state index is 15.3. The van der Waals surface area contributed by atoms with Crippen molar-refractivity contribution in [2.24, 2.45) is 11.8 Å². The van der Waals surface area contributed by atoms with E-state index < -0.39 is 149 Å². The summed E-state index contributed by atoms with van der Waals surface area (Å²) in [4.78, 5) is 11.5. The van der Waals surface area contributed by atoms with E-state index in [-0.39, 0.29) is 9.21 Å². The molecule has 2 aliphatic rings. The van der Waals surface area contributed by atoms with Gasteiger partial charge in [-0.1, -0.05) is 44.1 Å². The van der Waals surface area contributed by atoms with E-state index in [1.54, 1.807) is 0 Å². The van der Waals surface area contributed by atoms with Crippen LogP contribution in [0.25, 0.3) is 0 Å². The number of aliphatic hydroxyl groups is 1. The Morgan fingerprint density at radius 1 is 1.32 bits per heavy atom. The molecule has 1 amide bonds. The van der Waals surface area contributed by atoms with Gasteiger partial charge in [0.25, 0.3) is 0 Å². The van der Waals surface area contributed by atoms with Gasteiger partial charge in [-0.3, -0.25) is 4.90 Å². The van der Waals surface area contributed by atoms with E-state index in [1.165, 1.54) is 19.9 Å². The Labute approximate surface area is 254 Å². The Bertz CT molecular complexity index is 1970. The summed E-state index contributed by atoms with van der Waals surface area (Å²) in [5.74, 6) is -5.09. The Kier molecular flexibility index (Phi) is 4.93. The first-order valence-corrected chi connectivity index (χ1v) is 13.1. The number of nitrogens with zero attached hydrogens (tertiary/aromatic N) is 2. The number of fused-ring (bicyclic) bond motifs is 1. The molecule has 0 aromatic heterocycles. The lowest BCUT2D eigenvalue weighted by atomic mass is 9.94. The van der Waals surface area contributed by atoms with Crippen LogP contribution in [0.1, 0.15) is 38.6 Å². The lowest BCUT2D eigenvalue weighted by Gasteiger charge is -2.39. The van der Waals surface area contributed by atoms with E-state index in [9.17, 15) is 26.5 Å². The number of hydrogen-bond acceptors (Lipinski definition) is 7. The van der Waals surface area contributed by atoms with Crippen molar-refractivity contribution in [3.05, 3.63) is 72.1 Å². The summed E-state index contributed by atoms with van der Waals surface area (Å²) in [5.41, 5.74) is -1.52. The topological polar surface area (TPSA) is 126 Å². The van der Waals surface area contributed by atoms with Crippen LogP contribution in [0.3, 0.4) is 0 Å². The minimum atomic E-state index is -5.97. The summed E-state index contributed by atoms with van der Waals surface area (Å²) < 4.78 is 190. The molecular formula is C28H35FN2O8S. The molecule has 0 aliphatic carbocycles. The molecule has 1 fully saturated rings. The molecule has 0 bridgehead atoms. The minimum absolute atomic E-state index is 0.238. The first-order chi connectivity index (χ1) is 25.2. The van der Waals surface area contributed by atoms with Crippen LogP contribution in [0.4, 0.5) is 9.18 Å². The number of benzene rings is 2. The highest BCUT2D eigenvalue weighted by Crippen LogP contribution is 2.34. The van der Waals surface area contributed by atoms with Gasteiger partial charge in [0.1, 0.15) is 0 Å². The molecule has 0 spiro atoms. The number of amides is 1. The van der Waals surface area contributed by atoms with Gasteiger partial charge >= 0.3 is 6.09 Å². The summed E-state index contributed by atoms with van der Waals surface area (Å²) in [6.45, 7) is -3.78. The number of rotatable bonds is 13. The second kappa shape index (κ2) is 12.5. The number of carbonyl (C=O) groups is 1. The molecule has 1 unspecified atom stereocenters. The second-order valence-electron chi connectivity index (χ2n) is 8.86. The first-order valence-electron chi connectivity index (χ1n) is 19.1. The molecule has 218 valence electrons. The van der Waals surface area contributed by atoms with Crippen LogP contribution in [0.5, 0.6) is 5.75 Å². The number of carboxylic acid groups (broad SMARTS) is 1. The van der Waals surface area contributed by atoms with Gasteiger partial charge in [-0.25, -0.2) is 17.6 Å². The maximum Gasteiger partial charge on any atom is 0.408 e. The van der Waals surface area contributed by atoms with E-state index in [0.717, 1.165) is 13.4 Å². The molecule has 2 heterocycles. The van der Waals surface area contributed by atoms with Crippen LogP contribution >= 0.6 is 0 Å². The third-order valence-electron chi connectivity index (χ3n) is 5.66. The summed E-state index contributed by atoms with van der Waals surface area (Å²) >= 11 is 0. The fraction of sp³-hybridized carbons (Fsp3) is 0.464. The zero-order chi connectivity index (χ0) is 42.1. The fourth-order valence-electron chi connectivity index (χ4n) is 3.90. The van der Waals surface area contributed by atoms with Crippen molar-refractivity contribution < 1.29 is 61.2 Å². The third kappa shape index (κ3) is 6.41. The van der Waals surface area contributed by atoms with Crippen molar-refractivity contribution in [3.8, 4) is 5.75 Å². The van der Waals surface area contributed by atoms with E-state index in [0.29, 0.717) is 0 Å². The standard InChI is InChI=1S/C28H35FN2O8S/c1-18(2)15-30(40(35,36)20-9-10-26(37-3)22(29)14-20)16-25(32)23(13-19-7-5-4-6-8-19)31(28(33)34)24-17-39-27-21(24)11-12-38-27/h4-12,14,18,21,23-25,27,32H,13,15-17H2,1-3H3,(H,33,34)/t21-,23-,24?,25+,27-/m0/s1/i4D,5D,6D,7D,8D,9D,10D,13D2,14D,16D2,23D,25D,32D. The molecule has 10 nitrogen and oxygen atoms in total. The molecule has 2 aliphatic heterocycles. The molecule has 40 heavy (non-hydrogen) atoms. The average Bonchev–Trinajstić information content (AvgIpc) is 3.72. The lowest BCUT2D eigenvalue weighted by Crippen LogP contribution is -2.57. The van der Waals surface area contributed by atoms with Gasteiger partial charge in [0.15, 0.2) is 11.6 Å². The Balaban J connectivity index is 2.20. The van der Waals surface area contributed by atoms with Gasteiger partial charge < -0.3 is 24.4 Å². The first kappa shape index (κ1) is 15.7. The van der Waals surface area contributed by atoms with Gasteiger partial charge in [0.2, 0.25) is 17.7 Å². The average molecular weight is 594 g/mol. The van der Waals surface area contributed by atoms with Gasteiger partial charge in [-0.05, 0) is 42.1 Å². The Morgan fingerprint density at radius 2 is 2.08 bits per heavy atom. The Morgan fingerprint density at radius 3 is 2.73 bits per heavy atom. The van der Waals surface area contributed by atoms with Crippen molar-refractivity contribution in [3.63, 3.8) is 0 Å². The largest absolute Gasteiger partial charge is 0.494 e. The van der Waals surface area contributed by atoms with Crippen LogP contribution in [0.2, 0.25) is 0 Å². The van der Waals surface area contributed by atoms with Gasteiger partial charge in [-0.2, -0.15) is 4.31 Å². The number of methoxy groups -OCH3 is 1. The van der Waals surface area contributed by atoms with E-state index >= 15 is 4.39 Å². The molecule has 2 N–H and O–H groups in total. The molecule has 12 heteroatoms. The second-order valence-corrected chi connectivity index (χ2v) is 10.7. The molecule has 4 rings (SSSR count). The third-order valence-corrected chi connectivity index (χ3v) is 7.20. The van der Waals surface area contributed by atoms with Gasteiger partial charge in [0.05, 0.1) is 62.6 Å². The highest BCUT2D eigenvalue weighted by atomic mass is 32.2. The molecular weight excluding hydrogens is 543 g/mol. The highest BCUT2D eigenvalue weighted by Gasteiger charge is 2.48. The molecule has 2 aromatic carbocycles. The fourth-order valence-corrected chi connectivity index (χ4v) is 5.22. The van der Waals surface area contributed by atoms with Gasteiger partial charge in [0, 0.05) is 18.5 Å². The maximum atomic E-state index is 15.3. The van der Waals surface area contributed by atoms with Crippen molar-refractivity contribution >= 4 is 16.1 Å². The van der Waals surface area contributed by atoms with Crippen LogP contribution in [0.15, 0.2) is 65.6 Å². The zero-order valence-corrected chi connectivity index (χ0v) is 22.2. The molecule has 2 aromatic rings. The summed E-state index contributed by atoms with van der Waals surface area (Å²) in [6.07, 6.45) is -10.2. The zero-order valence-electron chi connectivity index (χ0n) is 36.4. The van der Waals surface area contributed by atoms with Crippen LogP contribution in [-0.2, 0) is 25.9 Å². The molecule has 0 radical (unpaired) electrons. The quantitative estimate of drug-likeness (QED) is 0.362. The Hall–Kier alpha value is -3.19. The van der Waals surface area contributed by atoms with Crippen molar-refractivity contribution in [1.29, 1.82) is 1.43 Å². The number of halogens is 1. The summed E-state index contributed by atoms with van der Waals surface area (Å²) in [6, 6.07) is -16.9. The van der Waals surface area contributed by atoms with Gasteiger partial charge in [-0.15, -0.1) is 0 Å². The monoisotopic (exact) mass is 593 g/mol. The SMILES string of the molecule is [2H]O[C@]([2H])(C([2H])([2H])N(CC(C)C)S(=O)(=O)c1c([2H])c([2H])c(OC)c(F)c1[2H])[C@@]([2H])(N(C(=O)O)C1CO[C@@H]2OC=C[C@@H]12)C([2H])([2H])c1c([2H])c([2H])c([2H])c([2H])c1[2H]. The number of hydrogen-bond donors (Lipinski definition) is 2. The summed E-state index contributed by atoms with van der Waals surface area (Å²) in [5, 5.41) is 15.3. The molecule has 5 atom stereocenters. The van der Waals surface area contributed by atoms with E-state index in [4.69, 9.17) is 21.9 Å². The lowest BCUT2D eigenvalue weighted by molar-refractivity contribution is -0.0690. The minimum Gasteiger partial charge on any atom is -0.494 e. The van der Waals surface area contributed by atoms with Crippen LogP contribution < -0.4 is 4.74 Å². The van der Waals surface area contributed by atoms with Crippen LogP contribution in [-0.4, -0.2) is 86.6 Å². The number of sulfonamides is 1. The predicted molar refractivity (Wildman–Crippen MR) is 144 cm³/mol. The normalized spacial score (nSPS) is 29.4. The van der Waals surface area contributed by atoms with E-state index in [2.05, 4.69) is 9.85 Å². The molecule has 1 saturated heterocycles. The highest BCUT2D eigenvalue weighted by molar-refractivity contribution is 7.89. The molecule has 0 saturated carbocycles. The smallest absolute Gasteiger partial charge is 0.408 e. The van der Waals surface area contributed by atoms with Crippen molar-refractivity contribution in [2.45, 2.75) is 49.5 Å². The van der Waals surface area contributed by atoms with Crippen LogP contribution in [0, 0.1) is 17.7 Å². The predicted octanol–water partition coefficient (Wildman–Crippen LogP) is 3.32.